The summed E-state index contributed by atoms with van der Waals surface area (Å²) in [6, 6.07) is 0. The van der Waals surface area contributed by atoms with Gasteiger partial charge in [0, 0.05) is 13.1 Å². The Morgan fingerprint density at radius 1 is 1.00 bits per heavy atom. The number of carbonyl (C=O) groups excluding carboxylic acids is 1. The lowest BCUT2D eigenvalue weighted by Gasteiger charge is -2.27. The van der Waals surface area contributed by atoms with Crippen molar-refractivity contribution in [3.63, 3.8) is 0 Å². The Hall–Kier alpha value is -0.770. The first kappa shape index (κ1) is 17.2. The highest BCUT2D eigenvalue weighted by Gasteiger charge is 2.20. The second-order valence-electron chi connectivity index (χ2n) is 5.44. The number of hydrogen-bond acceptors (Lipinski definition) is 3. The maximum absolute atomic E-state index is 11.9. The Bertz CT molecular complexity index is 232. The Morgan fingerprint density at radius 3 is 1.94 bits per heavy atom. The lowest BCUT2D eigenvalue weighted by Crippen LogP contribution is -2.38. The number of hydrogen-bond donors (Lipinski definition) is 0. The predicted octanol–water partition coefficient (Wildman–Crippen LogP) is 2.98. The normalized spacial score (nSPS) is 11.7. The highest BCUT2D eigenvalue weighted by atomic mass is 16.6. The third kappa shape index (κ3) is 7.54. The van der Waals surface area contributed by atoms with E-state index in [-0.39, 0.29) is 6.09 Å². The van der Waals surface area contributed by atoms with Gasteiger partial charge in [-0.3, -0.25) is 0 Å². The van der Waals surface area contributed by atoms with Crippen molar-refractivity contribution in [3.05, 3.63) is 0 Å². The van der Waals surface area contributed by atoms with Crippen LogP contribution in [0.4, 0.5) is 4.79 Å². The van der Waals surface area contributed by atoms with Crippen molar-refractivity contribution in [2.24, 2.45) is 0 Å². The summed E-state index contributed by atoms with van der Waals surface area (Å²) in [4.78, 5) is 16.0. The second-order valence-corrected chi connectivity index (χ2v) is 5.44. The summed E-state index contributed by atoms with van der Waals surface area (Å²) < 4.78 is 5.37. The molecule has 0 aromatic carbocycles. The average molecular weight is 258 g/mol. The highest BCUT2D eigenvalue weighted by Crippen LogP contribution is 2.10. The van der Waals surface area contributed by atoms with E-state index in [2.05, 4.69) is 18.7 Å². The van der Waals surface area contributed by atoms with Crippen LogP contribution in [0.1, 0.15) is 48.0 Å². The van der Waals surface area contributed by atoms with Gasteiger partial charge >= 0.3 is 6.09 Å². The Labute approximate surface area is 112 Å². The van der Waals surface area contributed by atoms with E-state index in [9.17, 15) is 4.79 Å². The standard InChI is InChI=1S/C14H30N2O2/c1-7-15(8-2)11-10-12-16(9-3)13(17)18-14(4,5)6/h7-12H2,1-6H3. The second kappa shape index (κ2) is 8.35. The maximum Gasteiger partial charge on any atom is 0.410 e. The first-order chi connectivity index (χ1) is 8.34. The molecular weight excluding hydrogens is 228 g/mol. The van der Waals surface area contributed by atoms with Crippen LogP contribution in [0.5, 0.6) is 0 Å². The van der Waals surface area contributed by atoms with Crippen molar-refractivity contribution in [1.82, 2.24) is 9.80 Å². The van der Waals surface area contributed by atoms with Crippen LogP contribution in [0.2, 0.25) is 0 Å². The topological polar surface area (TPSA) is 32.8 Å². The molecule has 0 rings (SSSR count). The predicted molar refractivity (Wildman–Crippen MR) is 75.9 cm³/mol. The van der Waals surface area contributed by atoms with Crippen molar-refractivity contribution in [2.45, 2.75) is 53.6 Å². The van der Waals surface area contributed by atoms with E-state index in [1.54, 1.807) is 4.90 Å². The number of amides is 1. The molecule has 18 heavy (non-hydrogen) atoms. The average Bonchev–Trinajstić information content (AvgIpc) is 2.27. The van der Waals surface area contributed by atoms with Crippen LogP contribution in [0, 0.1) is 0 Å². The molecule has 0 atom stereocenters. The van der Waals surface area contributed by atoms with Gasteiger partial charge in [0.25, 0.3) is 0 Å². The van der Waals surface area contributed by atoms with Crippen molar-refractivity contribution in [1.29, 1.82) is 0 Å². The summed E-state index contributed by atoms with van der Waals surface area (Å²) in [7, 11) is 0. The smallest absolute Gasteiger partial charge is 0.410 e. The molecule has 0 saturated carbocycles. The molecule has 0 aliphatic carbocycles. The van der Waals surface area contributed by atoms with Gasteiger partial charge < -0.3 is 14.5 Å². The van der Waals surface area contributed by atoms with Gasteiger partial charge in [-0.05, 0) is 53.8 Å². The summed E-state index contributed by atoms with van der Waals surface area (Å²) in [6.07, 6.45) is 0.791. The van der Waals surface area contributed by atoms with E-state index in [0.717, 1.165) is 32.6 Å². The quantitative estimate of drug-likeness (QED) is 0.704. The fourth-order valence-electron chi connectivity index (χ4n) is 1.73. The number of carbonyl (C=O) groups is 1. The van der Waals surface area contributed by atoms with Gasteiger partial charge in [0.05, 0.1) is 0 Å². The molecule has 108 valence electrons. The zero-order valence-electron chi connectivity index (χ0n) is 13.0. The molecule has 0 fully saturated rings. The minimum Gasteiger partial charge on any atom is -0.444 e. The van der Waals surface area contributed by atoms with Gasteiger partial charge in [-0.25, -0.2) is 4.79 Å². The summed E-state index contributed by atoms with van der Waals surface area (Å²) in [5.41, 5.74) is -0.413. The molecule has 0 bridgehead atoms. The monoisotopic (exact) mass is 258 g/mol. The molecule has 0 heterocycles. The largest absolute Gasteiger partial charge is 0.444 e. The van der Waals surface area contributed by atoms with Crippen LogP contribution in [-0.4, -0.2) is 54.2 Å². The van der Waals surface area contributed by atoms with Crippen molar-refractivity contribution in [3.8, 4) is 0 Å². The molecule has 4 heteroatoms. The van der Waals surface area contributed by atoms with Crippen LogP contribution in [0.25, 0.3) is 0 Å². The summed E-state index contributed by atoms with van der Waals surface area (Å²) in [5, 5.41) is 0. The van der Waals surface area contributed by atoms with Gasteiger partial charge in [-0.1, -0.05) is 13.8 Å². The molecule has 0 unspecified atom stereocenters. The fourth-order valence-corrected chi connectivity index (χ4v) is 1.73. The Balaban J connectivity index is 4.07. The number of rotatable bonds is 7. The number of ether oxygens (including phenoxy) is 1. The zero-order valence-corrected chi connectivity index (χ0v) is 13.0. The molecule has 0 aromatic heterocycles. The van der Waals surface area contributed by atoms with Gasteiger partial charge in [0.1, 0.15) is 5.60 Å². The van der Waals surface area contributed by atoms with Crippen LogP contribution < -0.4 is 0 Å². The van der Waals surface area contributed by atoms with Crippen LogP contribution in [0.15, 0.2) is 0 Å². The van der Waals surface area contributed by atoms with E-state index in [1.165, 1.54) is 0 Å². The summed E-state index contributed by atoms with van der Waals surface area (Å²) in [6.45, 7) is 16.6. The van der Waals surface area contributed by atoms with Crippen molar-refractivity contribution < 1.29 is 9.53 Å². The van der Waals surface area contributed by atoms with Crippen LogP contribution >= 0.6 is 0 Å². The first-order valence-corrected chi connectivity index (χ1v) is 7.04. The van der Waals surface area contributed by atoms with E-state index in [0.29, 0.717) is 6.54 Å². The van der Waals surface area contributed by atoms with Gasteiger partial charge in [-0.2, -0.15) is 0 Å². The van der Waals surface area contributed by atoms with Crippen molar-refractivity contribution in [2.75, 3.05) is 32.7 Å². The zero-order chi connectivity index (χ0) is 14.2. The van der Waals surface area contributed by atoms with Crippen LogP contribution in [0.3, 0.4) is 0 Å². The Morgan fingerprint density at radius 2 is 1.56 bits per heavy atom. The molecule has 0 spiro atoms. The molecule has 4 nitrogen and oxygen atoms in total. The maximum atomic E-state index is 11.9. The summed E-state index contributed by atoms with van der Waals surface area (Å²) in [5.74, 6) is 0. The molecule has 1 amide bonds. The van der Waals surface area contributed by atoms with Gasteiger partial charge in [0.15, 0.2) is 0 Å². The molecule has 0 radical (unpaired) electrons. The van der Waals surface area contributed by atoms with E-state index >= 15 is 0 Å². The molecular formula is C14H30N2O2. The SMILES string of the molecule is CCN(CC)CCCN(CC)C(=O)OC(C)(C)C. The molecule has 0 saturated heterocycles. The van der Waals surface area contributed by atoms with Gasteiger partial charge in [0.2, 0.25) is 0 Å². The van der Waals surface area contributed by atoms with E-state index in [4.69, 9.17) is 4.74 Å². The minimum absolute atomic E-state index is 0.204. The third-order valence-electron chi connectivity index (χ3n) is 2.83. The number of nitrogens with zero attached hydrogens (tertiary/aromatic N) is 2. The third-order valence-corrected chi connectivity index (χ3v) is 2.83. The van der Waals surface area contributed by atoms with Crippen LogP contribution in [-0.2, 0) is 4.74 Å². The van der Waals surface area contributed by atoms with Crippen molar-refractivity contribution >= 4 is 6.09 Å². The first-order valence-electron chi connectivity index (χ1n) is 7.04. The van der Waals surface area contributed by atoms with E-state index in [1.807, 2.05) is 27.7 Å². The highest BCUT2D eigenvalue weighted by molar-refractivity contribution is 5.68. The minimum atomic E-state index is -0.413. The fraction of sp³-hybridized carbons (Fsp3) is 0.929. The molecule has 0 aliphatic heterocycles. The molecule has 0 aromatic rings. The lowest BCUT2D eigenvalue weighted by molar-refractivity contribution is 0.0254. The molecule has 0 N–H and O–H groups in total. The lowest BCUT2D eigenvalue weighted by atomic mass is 10.2. The Kier molecular flexibility index (Phi) is 8.00. The van der Waals surface area contributed by atoms with Gasteiger partial charge in [-0.15, -0.1) is 0 Å². The molecule has 0 aliphatic rings. The van der Waals surface area contributed by atoms with E-state index < -0.39 is 5.60 Å². The summed E-state index contributed by atoms with van der Waals surface area (Å²) >= 11 is 0.